The molecule has 0 atom stereocenters. The Morgan fingerprint density at radius 2 is 2.15 bits per heavy atom. The number of ether oxygens (including phenoxy) is 1. The van der Waals surface area contributed by atoms with E-state index in [0.717, 1.165) is 37.6 Å². The molecule has 0 aromatic carbocycles. The van der Waals surface area contributed by atoms with Crippen LogP contribution in [0.1, 0.15) is 21.7 Å². The molecule has 0 radical (unpaired) electrons. The number of rotatable bonds is 2. The zero-order valence-corrected chi connectivity index (χ0v) is 12.5. The number of methoxy groups -OCH3 is 1. The highest BCUT2D eigenvalue weighted by molar-refractivity contribution is 7.18. The van der Waals surface area contributed by atoms with Crippen LogP contribution in [0.4, 0.5) is 10.7 Å². The zero-order chi connectivity index (χ0) is 14.7. The molecule has 1 aliphatic rings. The number of likely N-dealkylation sites (N-methyl/N-ethyl adjacent to an activating group) is 1. The van der Waals surface area contributed by atoms with Gasteiger partial charge in [-0.25, -0.2) is 4.79 Å². The summed E-state index contributed by atoms with van der Waals surface area (Å²) in [5.41, 5.74) is 6.54. The molecule has 1 aromatic rings. The van der Waals surface area contributed by atoms with Crippen molar-refractivity contribution in [3.8, 4) is 6.07 Å². The molecule has 1 aromatic heterocycles. The zero-order valence-electron chi connectivity index (χ0n) is 11.7. The maximum atomic E-state index is 11.7. The van der Waals surface area contributed by atoms with Crippen LogP contribution in [0.25, 0.3) is 0 Å². The van der Waals surface area contributed by atoms with Crippen molar-refractivity contribution >= 4 is 28.0 Å². The second-order valence-corrected chi connectivity index (χ2v) is 5.77. The molecular weight excluding hydrogens is 276 g/mol. The lowest BCUT2D eigenvalue weighted by Gasteiger charge is -2.21. The summed E-state index contributed by atoms with van der Waals surface area (Å²) in [5, 5.41) is 10.1. The van der Waals surface area contributed by atoms with Gasteiger partial charge in [0.2, 0.25) is 0 Å². The highest BCUT2D eigenvalue weighted by Crippen LogP contribution is 2.38. The van der Waals surface area contributed by atoms with Gasteiger partial charge in [0.25, 0.3) is 0 Å². The van der Waals surface area contributed by atoms with Gasteiger partial charge < -0.3 is 20.3 Å². The number of hydrogen-bond acceptors (Lipinski definition) is 7. The molecule has 2 N–H and O–H groups in total. The third-order valence-corrected chi connectivity index (χ3v) is 4.66. The number of carbonyl (C=O) groups excluding carboxylic acids is 1. The minimum Gasteiger partial charge on any atom is -0.465 e. The number of esters is 1. The van der Waals surface area contributed by atoms with Crippen LogP contribution in [0.3, 0.4) is 0 Å². The van der Waals surface area contributed by atoms with Gasteiger partial charge in [0.1, 0.15) is 21.5 Å². The molecule has 0 unspecified atom stereocenters. The van der Waals surface area contributed by atoms with Crippen LogP contribution >= 0.6 is 11.3 Å². The maximum Gasteiger partial charge on any atom is 0.350 e. The molecule has 2 heterocycles. The summed E-state index contributed by atoms with van der Waals surface area (Å²) < 4.78 is 4.71. The van der Waals surface area contributed by atoms with E-state index in [9.17, 15) is 10.1 Å². The molecule has 0 saturated carbocycles. The standard InChI is InChI=1S/C13H18N4O2S/c1-16-4-3-5-17(7-6-16)12-9(8-14)10(15)11(20-12)13(18)19-2/h3-7,15H2,1-2H3. The first-order valence-corrected chi connectivity index (χ1v) is 7.24. The van der Waals surface area contributed by atoms with E-state index in [4.69, 9.17) is 10.5 Å². The predicted octanol–water partition coefficient (Wildman–Crippen LogP) is 1.13. The Balaban J connectivity index is 2.36. The van der Waals surface area contributed by atoms with Crippen LogP contribution in [-0.2, 0) is 4.74 Å². The third-order valence-electron chi connectivity index (χ3n) is 3.42. The van der Waals surface area contributed by atoms with Gasteiger partial charge in [0, 0.05) is 19.6 Å². The molecule has 0 aliphatic carbocycles. The lowest BCUT2D eigenvalue weighted by atomic mass is 10.2. The number of nitriles is 1. The lowest BCUT2D eigenvalue weighted by Crippen LogP contribution is -2.28. The number of nitrogens with two attached hydrogens (primary N) is 1. The van der Waals surface area contributed by atoms with E-state index in [1.165, 1.54) is 18.4 Å². The Bertz CT molecular complexity index is 549. The van der Waals surface area contributed by atoms with Crippen molar-refractivity contribution in [2.45, 2.75) is 6.42 Å². The van der Waals surface area contributed by atoms with E-state index >= 15 is 0 Å². The van der Waals surface area contributed by atoms with Crippen molar-refractivity contribution in [2.24, 2.45) is 0 Å². The summed E-state index contributed by atoms with van der Waals surface area (Å²) in [6.07, 6.45) is 1.02. The lowest BCUT2D eigenvalue weighted by molar-refractivity contribution is 0.0607. The van der Waals surface area contributed by atoms with Crippen molar-refractivity contribution in [3.63, 3.8) is 0 Å². The molecule has 20 heavy (non-hydrogen) atoms. The minimum absolute atomic E-state index is 0.233. The molecule has 0 amide bonds. The van der Waals surface area contributed by atoms with E-state index < -0.39 is 5.97 Å². The second-order valence-electron chi connectivity index (χ2n) is 4.77. The Labute approximate surface area is 122 Å². The van der Waals surface area contributed by atoms with E-state index in [2.05, 4.69) is 22.9 Å². The summed E-state index contributed by atoms with van der Waals surface area (Å²) in [7, 11) is 3.39. The summed E-state index contributed by atoms with van der Waals surface area (Å²) in [6, 6.07) is 2.11. The molecule has 0 bridgehead atoms. The average Bonchev–Trinajstić information content (AvgIpc) is 2.62. The SMILES string of the molecule is COC(=O)c1sc(N2CCCN(C)CC2)c(C#N)c1N. The fraction of sp³-hybridized carbons (Fsp3) is 0.538. The maximum absolute atomic E-state index is 11.7. The molecule has 0 spiro atoms. The molecule has 7 heteroatoms. The largest absolute Gasteiger partial charge is 0.465 e. The number of hydrogen-bond donors (Lipinski definition) is 1. The fourth-order valence-corrected chi connectivity index (χ4v) is 3.40. The van der Waals surface area contributed by atoms with Gasteiger partial charge in [-0.2, -0.15) is 5.26 Å². The Hall–Kier alpha value is -1.78. The van der Waals surface area contributed by atoms with Gasteiger partial charge >= 0.3 is 5.97 Å². The number of anilines is 2. The summed E-state index contributed by atoms with van der Waals surface area (Å²) >= 11 is 1.25. The molecule has 1 aliphatic heterocycles. The molecular formula is C13H18N4O2S. The van der Waals surface area contributed by atoms with Gasteiger partial charge in [0.05, 0.1) is 12.8 Å². The van der Waals surface area contributed by atoms with E-state index in [0.29, 0.717) is 10.4 Å². The highest BCUT2D eigenvalue weighted by Gasteiger charge is 2.25. The van der Waals surface area contributed by atoms with E-state index in [1.54, 1.807) is 0 Å². The fourth-order valence-electron chi connectivity index (χ4n) is 2.26. The van der Waals surface area contributed by atoms with Gasteiger partial charge in [-0.15, -0.1) is 11.3 Å². The predicted molar refractivity (Wildman–Crippen MR) is 79.1 cm³/mol. The van der Waals surface area contributed by atoms with Crippen molar-refractivity contribution in [3.05, 3.63) is 10.4 Å². The first kappa shape index (κ1) is 14.6. The first-order valence-electron chi connectivity index (χ1n) is 6.42. The number of nitrogens with zero attached hydrogens (tertiary/aromatic N) is 3. The quantitative estimate of drug-likeness (QED) is 0.823. The van der Waals surface area contributed by atoms with Gasteiger partial charge in [-0.1, -0.05) is 0 Å². The van der Waals surface area contributed by atoms with Crippen molar-refractivity contribution in [1.29, 1.82) is 5.26 Å². The van der Waals surface area contributed by atoms with E-state index in [1.807, 2.05) is 0 Å². The van der Waals surface area contributed by atoms with Gasteiger partial charge in [-0.05, 0) is 20.0 Å². The highest BCUT2D eigenvalue weighted by atomic mass is 32.1. The minimum atomic E-state index is -0.484. The summed E-state index contributed by atoms with van der Waals surface area (Å²) in [5.74, 6) is -0.484. The van der Waals surface area contributed by atoms with Crippen LogP contribution < -0.4 is 10.6 Å². The van der Waals surface area contributed by atoms with Gasteiger partial charge in [-0.3, -0.25) is 0 Å². The third kappa shape index (κ3) is 2.71. The van der Waals surface area contributed by atoms with Crippen LogP contribution in [0.2, 0.25) is 0 Å². The number of carbonyl (C=O) groups is 1. The molecule has 1 fully saturated rings. The average molecular weight is 294 g/mol. The number of thiophene rings is 1. The van der Waals surface area contributed by atoms with Crippen molar-refractivity contribution in [1.82, 2.24) is 4.90 Å². The summed E-state index contributed by atoms with van der Waals surface area (Å²) in [4.78, 5) is 16.4. The van der Waals surface area contributed by atoms with Gasteiger partial charge in [0.15, 0.2) is 0 Å². The van der Waals surface area contributed by atoms with E-state index in [-0.39, 0.29) is 5.69 Å². The van der Waals surface area contributed by atoms with Crippen LogP contribution in [0.5, 0.6) is 0 Å². The normalized spacial score (nSPS) is 16.6. The summed E-state index contributed by atoms with van der Waals surface area (Å²) in [6.45, 7) is 3.64. The Kier molecular flexibility index (Phi) is 4.47. The molecule has 2 rings (SSSR count). The van der Waals surface area contributed by atoms with Crippen LogP contribution in [-0.4, -0.2) is 51.2 Å². The molecule has 108 valence electrons. The smallest absolute Gasteiger partial charge is 0.350 e. The Morgan fingerprint density at radius 3 is 2.80 bits per heavy atom. The molecule has 1 saturated heterocycles. The Morgan fingerprint density at radius 1 is 1.40 bits per heavy atom. The molecule has 6 nitrogen and oxygen atoms in total. The van der Waals surface area contributed by atoms with Crippen molar-refractivity contribution in [2.75, 3.05) is 51.0 Å². The number of nitrogen functional groups attached to an aromatic ring is 1. The first-order chi connectivity index (χ1) is 9.58. The topological polar surface area (TPSA) is 82.6 Å². The monoisotopic (exact) mass is 294 g/mol. The van der Waals surface area contributed by atoms with Crippen LogP contribution in [0, 0.1) is 11.3 Å². The van der Waals surface area contributed by atoms with Crippen molar-refractivity contribution < 1.29 is 9.53 Å². The second kappa shape index (κ2) is 6.11. The van der Waals surface area contributed by atoms with Crippen LogP contribution in [0.15, 0.2) is 0 Å².